The number of benzene rings is 2. The minimum absolute atomic E-state index is 0.0439. The van der Waals surface area contributed by atoms with Crippen LogP contribution in [0.3, 0.4) is 0 Å². The Morgan fingerprint density at radius 3 is 1.83 bits per heavy atom. The second-order valence-electron chi connectivity index (χ2n) is 6.40. The zero-order valence-electron chi connectivity index (χ0n) is 17.0. The van der Waals surface area contributed by atoms with Crippen LogP contribution in [0.4, 0.5) is 0 Å². The van der Waals surface area contributed by atoms with E-state index in [4.69, 9.17) is 13.6 Å². The van der Waals surface area contributed by atoms with Gasteiger partial charge in [-0.1, -0.05) is 60.7 Å². The molecule has 0 aliphatic rings. The van der Waals surface area contributed by atoms with E-state index in [-0.39, 0.29) is 32.8 Å². The zero-order valence-corrected chi connectivity index (χ0v) is 17.9. The van der Waals surface area contributed by atoms with Gasteiger partial charge in [0, 0.05) is 6.42 Å². The van der Waals surface area contributed by atoms with Crippen molar-refractivity contribution in [3.8, 4) is 0 Å². The van der Waals surface area contributed by atoms with Gasteiger partial charge in [0.2, 0.25) is 5.78 Å². The van der Waals surface area contributed by atoms with Crippen molar-refractivity contribution in [1.29, 1.82) is 0 Å². The van der Waals surface area contributed by atoms with Gasteiger partial charge < -0.3 is 4.74 Å². The number of phosphoric ester groups is 1. The monoisotopic (exact) mass is 434 g/mol. The van der Waals surface area contributed by atoms with E-state index in [0.29, 0.717) is 12.8 Å². The summed E-state index contributed by atoms with van der Waals surface area (Å²) in [4.78, 5) is 22.9. The number of hydrogen-bond donors (Lipinski definition) is 0. The Hall–Kier alpha value is -2.31. The molecule has 0 aliphatic carbocycles. The number of ketones is 1. The number of hydrogen-bond acceptors (Lipinski definition) is 7. The average molecular weight is 434 g/mol. The highest BCUT2D eigenvalue weighted by molar-refractivity contribution is 7.48. The summed E-state index contributed by atoms with van der Waals surface area (Å²) in [5.74, 6) is -1.41. The molecule has 162 valence electrons. The molecule has 0 aromatic heterocycles. The van der Waals surface area contributed by atoms with Crippen LogP contribution < -0.4 is 0 Å². The fourth-order valence-corrected chi connectivity index (χ4v) is 3.64. The summed E-state index contributed by atoms with van der Waals surface area (Å²) in [7, 11) is -3.82. The van der Waals surface area contributed by atoms with Gasteiger partial charge in [-0.25, -0.2) is 9.36 Å². The third-order valence-electron chi connectivity index (χ3n) is 4.01. The third kappa shape index (κ3) is 9.01. The van der Waals surface area contributed by atoms with Crippen molar-refractivity contribution < 1.29 is 32.5 Å². The molecule has 0 aliphatic heterocycles. The molecule has 2 aromatic rings. The van der Waals surface area contributed by atoms with Crippen LogP contribution in [0.1, 0.15) is 37.3 Å². The molecule has 7 nitrogen and oxygen atoms in total. The number of rotatable bonds is 14. The lowest BCUT2D eigenvalue weighted by molar-refractivity contribution is -0.153. The average Bonchev–Trinajstić information content (AvgIpc) is 2.78. The fourth-order valence-electron chi connectivity index (χ4n) is 2.45. The summed E-state index contributed by atoms with van der Waals surface area (Å²) in [6.45, 7) is 2.02. The molecule has 0 radical (unpaired) electrons. The molecule has 2 aromatic carbocycles. The minimum atomic E-state index is -3.82. The molecule has 0 atom stereocenters. The maximum absolute atomic E-state index is 13.0. The van der Waals surface area contributed by atoms with Gasteiger partial charge in [-0.15, -0.1) is 0 Å². The number of Topliss-reactive ketones (excluding diaryl/α,β-unsaturated/α-hetero) is 1. The Morgan fingerprint density at radius 2 is 1.33 bits per heavy atom. The van der Waals surface area contributed by atoms with Crippen LogP contribution in [-0.4, -0.2) is 25.0 Å². The van der Waals surface area contributed by atoms with Crippen molar-refractivity contribution in [3.63, 3.8) is 0 Å². The van der Waals surface area contributed by atoms with Crippen LogP contribution in [0.25, 0.3) is 0 Å². The Balaban J connectivity index is 1.84. The Kier molecular flexibility index (Phi) is 10.5. The largest absolute Gasteiger partial charge is 0.475 e. The lowest BCUT2D eigenvalue weighted by Gasteiger charge is -2.18. The lowest BCUT2D eigenvalue weighted by Crippen LogP contribution is -2.17. The molecule has 0 unspecified atom stereocenters. The highest BCUT2D eigenvalue weighted by Crippen LogP contribution is 2.51. The second-order valence-corrected chi connectivity index (χ2v) is 8.07. The molecule has 0 bridgehead atoms. The van der Waals surface area contributed by atoms with Crippen molar-refractivity contribution in [2.75, 3.05) is 13.2 Å². The molecule has 0 saturated heterocycles. The fraction of sp³-hybridized carbons (Fsp3) is 0.364. The summed E-state index contributed by atoms with van der Waals surface area (Å²) in [6, 6.07) is 18.6. The highest BCUT2D eigenvalue weighted by Gasteiger charge is 2.27. The SMILES string of the molecule is CCOC(=O)C(=O)CCCCOP(=O)(OCc1ccccc1)OCc1ccccc1. The van der Waals surface area contributed by atoms with Gasteiger partial charge in [-0.2, -0.15) is 0 Å². The van der Waals surface area contributed by atoms with Crippen molar-refractivity contribution in [2.45, 2.75) is 39.4 Å². The van der Waals surface area contributed by atoms with E-state index in [0.717, 1.165) is 11.1 Å². The summed E-state index contributed by atoms with van der Waals surface area (Å²) in [5.41, 5.74) is 1.68. The van der Waals surface area contributed by atoms with Crippen LogP contribution in [0.2, 0.25) is 0 Å². The van der Waals surface area contributed by atoms with E-state index in [1.54, 1.807) is 6.92 Å². The lowest BCUT2D eigenvalue weighted by atomic mass is 10.2. The topological polar surface area (TPSA) is 88.1 Å². The first-order valence-electron chi connectivity index (χ1n) is 9.84. The van der Waals surface area contributed by atoms with E-state index in [2.05, 4.69) is 4.74 Å². The second kappa shape index (κ2) is 13.1. The Labute approximate surface area is 176 Å². The number of phosphoric acid groups is 1. The molecule has 30 heavy (non-hydrogen) atoms. The van der Waals surface area contributed by atoms with Gasteiger partial charge in [0.15, 0.2) is 0 Å². The molecular formula is C22H27O7P. The number of carbonyl (C=O) groups is 2. The number of esters is 1. The summed E-state index contributed by atoms with van der Waals surface area (Å²) in [5, 5.41) is 0. The first-order valence-corrected chi connectivity index (χ1v) is 11.3. The predicted molar refractivity (Wildman–Crippen MR) is 112 cm³/mol. The maximum atomic E-state index is 13.0. The van der Waals surface area contributed by atoms with Gasteiger partial charge in [-0.3, -0.25) is 18.4 Å². The smallest absolute Gasteiger partial charge is 0.460 e. The van der Waals surface area contributed by atoms with Crippen LogP contribution in [-0.2, 0) is 45.7 Å². The van der Waals surface area contributed by atoms with E-state index >= 15 is 0 Å². The van der Waals surface area contributed by atoms with Crippen molar-refractivity contribution in [1.82, 2.24) is 0 Å². The molecule has 0 heterocycles. The molecule has 8 heteroatoms. The predicted octanol–water partition coefficient (Wildman–Crippen LogP) is 4.85. The molecule has 0 amide bonds. The van der Waals surface area contributed by atoms with E-state index < -0.39 is 19.6 Å². The Bertz CT molecular complexity index is 776. The Morgan fingerprint density at radius 1 is 0.800 bits per heavy atom. The van der Waals surface area contributed by atoms with E-state index in [9.17, 15) is 14.2 Å². The van der Waals surface area contributed by atoms with Crippen molar-refractivity contribution in [3.05, 3.63) is 71.8 Å². The zero-order chi connectivity index (χ0) is 21.7. The summed E-state index contributed by atoms with van der Waals surface area (Å²) >= 11 is 0. The number of carbonyl (C=O) groups excluding carboxylic acids is 2. The molecule has 0 saturated carbocycles. The van der Waals surface area contributed by atoms with E-state index in [1.165, 1.54) is 0 Å². The molecular weight excluding hydrogens is 407 g/mol. The van der Waals surface area contributed by atoms with Crippen LogP contribution in [0.5, 0.6) is 0 Å². The van der Waals surface area contributed by atoms with E-state index in [1.807, 2.05) is 60.7 Å². The van der Waals surface area contributed by atoms with Crippen LogP contribution in [0, 0.1) is 0 Å². The normalized spacial score (nSPS) is 11.2. The summed E-state index contributed by atoms with van der Waals surface area (Å²) in [6.07, 6.45) is 0.857. The third-order valence-corrected chi connectivity index (χ3v) is 5.40. The van der Waals surface area contributed by atoms with Crippen LogP contribution in [0.15, 0.2) is 60.7 Å². The van der Waals surface area contributed by atoms with Gasteiger partial charge in [0.25, 0.3) is 0 Å². The summed E-state index contributed by atoms with van der Waals surface area (Å²) < 4.78 is 34.2. The molecule has 2 rings (SSSR count). The van der Waals surface area contributed by atoms with Crippen molar-refractivity contribution in [2.24, 2.45) is 0 Å². The minimum Gasteiger partial charge on any atom is -0.460 e. The van der Waals surface area contributed by atoms with Gasteiger partial charge in [0.05, 0.1) is 26.4 Å². The standard InChI is InChI=1S/C22H27O7P/c1-2-26-22(24)21(23)15-9-10-16-27-30(25,28-17-19-11-5-3-6-12-19)29-18-20-13-7-4-8-14-20/h3-8,11-14H,2,9-10,15-18H2,1H3. The maximum Gasteiger partial charge on any atom is 0.475 e. The highest BCUT2D eigenvalue weighted by atomic mass is 31.2. The molecule has 0 fully saturated rings. The first kappa shape index (κ1) is 24.0. The number of unbranched alkanes of at least 4 members (excludes halogenated alkanes) is 1. The van der Waals surface area contributed by atoms with Gasteiger partial charge in [-0.05, 0) is 30.9 Å². The van der Waals surface area contributed by atoms with Crippen molar-refractivity contribution >= 4 is 19.6 Å². The molecule has 0 spiro atoms. The van der Waals surface area contributed by atoms with Gasteiger partial charge in [0.1, 0.15) is 0 Å². The van der Waals surface area contributed by atoms with Gasteiger partial charge >= 0.3 is 13.8 Å². The quantitative estimate of drug-likeness (QED) is 0.182. The van der Waals surface area contributed by atoms with Crippen LogP contribution >= 0.6 is 7.82 Å². The first-order chi connectivity index (χ1) is 14.5. The number of ether oxygens (including phenoxy) is 1. The molecule has 0 N–H and O–H groups in total.